The molecule has 3 aromatic heterocycles. The molecular formula is C14H11N3O2S. The van der Waals surface area contributed by atoms with Gasteiger partial charge in [-0.15, -0.1) is 11.3 Å². The third-order valence-electron chi connectivity index (χ3n) is 2.82. The molecular weight excluding hydrogens is 274 g/mol. The van der Waals surface area contributed by atoms with E-state index in [2.05, 4.69) is 10.1 Å². The Morgan fingerprint density at radius 3 is 2.85 bits per heavy atom. The molecule has 20 heavy (non-hydrogen) atoms. The number of aryl methyl sites for hydroxylation is 1. The molecule has 3 rings (SSSR count). The number of carbonyl (C=O) groups is 1. The van der Waals surface area contributed by atoms with Crippen LogP contribution in [0.1, 0.15) is 16.1 Å². The van der Waals surface area contributed by atoms with E-state index < -0.39 is 5.97 Å². The van der Waals surface area contributed by atoms with Gasteiger partial charge in [0.1, 0.15) is 0 Å². The topological polar surface area (TPSA) is 68.0 Å². The molecule has 0 aromatic carbocycles. The summed E-state index contributed by atoms with van der Waals surface area (Å²) < 4.78 is 1.57. The number of carboxylic acids is 1. The predicted molar refractivity (Wildman–Crippen MR) is 76.4 cm³/mol. The zero-order chi connectivity index (χ0) is 14.1. The number of thiophene rings is 1. The number of hydrogen-bond donors (Lipinski definition) is 1. The maximum absolute atomic E-state index is 11.1. The normalized spacial score (nSPS) is 10.7. The van der Waals surface area contributed by atoms with Crippen molar-refractivity contribution in [3.05, 3.63) is 53.2 Å². The summed E-state index contributed by atoms with van der Waals surface area (Å²) in [4.78, 5) is 16.4. The molecule has 3 aromatic rings. The second-order valence-corrected chi connectivity index (χ2v) is 5.25. The molecule has 0 radical (unpaired) electrons. The third kappa shape index (κ3) is 2.21. The van der Waals surface area contributed by atoms with Gasteiger partial charge in [0.25, 0.3) is 0 Å². The first kappa shape index (κ1) is 12.6. The number of nitrogens with zero attached hydrogens (tertiary/aromatic N) is 3. The summed E-state index contributed by atoms with van der Waals surface area (Å²) in [6.45, 7) is 1.96. The zero-order valence-corrected chi connectivity index (χ0v) is 11.5. The molecule has 0 atom stereocenters. The highest BCUT2D eigenvalue weighted by Gasteiger charge is 2.17. The Morgan fingerprint density at radius 1 is 1.35 bits per heavy atom. The minimum atomic E-state index is -1.05. The van der Waals surface area contributed by atoms with E-state index in [1.54, 1.807) is 16.9 Å². The summed E-state index contributed by atoms with van der Waals surface area (Å²) in [5, 5.41) is 15.2. The molecule has 0 aliphatic carbocycles. The Labute approximate surface area is 119 Å². The average molecular weight is 285 g/mol. The maximum Gasteiger partial charge on any atom is 0.356 e. The number of aromatic carboxylic acids is 1. The fourth-order valence-electron chi connectivity index (χ4n) is 1.90. The molecule has 3 heterocycles. The summed E-state index contributed by atoms with van der Waals surface area (Å²) in [5.74, 6) is -0.435. The average Bonchev–Trinajstić information content (AvgIpc) is 3.07. The minimum absolute atomic E-state index is 0.0108. The first-order valence-electron chi connectivity index (χ1n) is 5.95. The lowest BCUT2D eigenvalue weighted by Gasteiger charge is -2.05. The number of carboxylic acid groups (broad SMARTS) is 1. The maximum atomic E-state index is 11.1. The van der Waals surface area contributed by atoms with Gasteiger partial charge in [-0.05, 0) is 36.1 Å². The van der Waals surface area contributed by atoms with E-state index >= 15 is 0 Å². The quantitative estimate of drug-likeness (QED) is 0.803. The van der Waals surface area contributed by atoms with E-state index in [1.807, 2.05) is 36.6 Å². The highest BCUT2D eigenvalue weighted by molar-refractivity contribution is 7.13. The van der Waals surface area contributed by atoms with Crippen LogP contribution in [-0.2, 0) is 0 Å². The first-order chi connectivity index (χ1) is 9.65. The van der Waals surface area contributed by atoms with Gasteiger partial charge in [0, 0.05) is 12.3 Å². The van der Waals surface area contributed by atoms with Gasteiger partial charge in [-0.25, -0.2) is 14.5 Å². The standard InChI is InChI=1S/C14H11N3O2S/c1-9-4-5-15-13(7-9)17-11(12-3-2-6-20-12)8-10(16-17)14(18)19/h2-8H,1H3,(H,18,19). The van der Waals surface area contributed by atoms with Crippen LogP contribution < -0.4 is 0 Å². The first-order valence-corrected chi connectivity index (χ1v) is 6.83. The van der Waals surface area contributed by atoms with E-state index in [4.69, 9.17) is 5.11 Å². The molecule has 0 unspecified atom stereocenters. The van der Waals surface area contributed by atoms with Crippen LogP contribution >= 0.6 is 11.3 Å². The van der Waals surface area contributed by atoms with Crippen LogP contribution in [0.4, 0.5) is 0 Å². The highest BCUT2D eigenvalue weighted by atomic mass is 32.1. The molecule has 0 amide bonds. The van der Waals surface area contributed by atoms with Crippen molar-refractivity contribution in [1.82, 2.24) is 14.8 Å². The van der Waals surface area contributed by atoms with Crippen molar-refractivity contribution in [2.75, 3.05) is 0 Å². The molecule has 0 aliphatic rings. The van der Waals surface area contributed by atoms with Gasteiger partial charge in [-0.2, -0.15) is 5.10 Å². The second kappa shape index (κ2) is 4.90. The van der Waals surface area contributed by atoms with Gasteiger partial charge in [0.2, 0.25) is 0 Å². The molecule has 5 nitrogen and oxygen atoms in total. The van der Waals surface area contributed by atoms with Crippen molar-refractivity contribution in [2.45, 2.75) is 6.92 Å². The fourth-order valence-corrected chi connectivity index (χ4v) is 2.62. The Morgan fingerprint density at radius 2 is 2.20 bits per heavy atom. The van der Waals surface area contributed by atoms with Crippen molar-refractivity contribution < 1.29 is 9.90 Å². The summed E-state index contributed by atoms with van der Waals surface area (Å²) in [6.07, 6.45) is 1.69. The van der Waals surface area contributed by atoms with Crippen LogP contribution in [0.3, 0.4) is 0 Å². The fraction of sp³-hybridized carbons (Fsp3) is 0.0714. The number of aromatic nitrogens is 3. The molecule has 1 N–H and O–H groups in total. The SMILES string of the molecule is Cc1ccnc(-n2nc(C(=O)O)cc2-c2cccs2)c1. The van der Waals surface area contributed by atoms with Crippen molar-refractivity contribution >= 4 is 17.3 Å². The third-order valence-corrected chi connectivity index (χ3v) is 3.71. The molecule has 0 spiro atoms. The largest absolute Gasteiger partial charge is 0.476 e. The van der Waals surface area contributed by atoms with Crippen LogP contribution in [0.25, 0.3) is 16.4 Å². The summed E-state index contributed by atoms with van der Waals surface area (Å²) in [5.41, 5.74) is 1.78. The summed E-state index contributed by atoms with van der Waals surface area (Å²) in [6, 6.07) is 9.17. The van der Waals surface area contributed by atoms with Gasteiger partial charge in [0.15, 0.2) is 11.5 Å². The molecule has 100 valence electrons. The molecule has 0 bridgehead atoms. The zero-order valence-electron chi connectivity index (χ0n) is 10.6. The van der Waals surface area contributed by atoms with Gasteiger partial charge >= 0.3 is 5.97 Å². The molecule has 0 fully saturated rings. The van der Waals surface area contributed by atoms with Crippen LogP contribution in [0.2, 0.25) is 0 Å². The number of rotatable bonds is 3. The van der Waals surface area contributed by atoms with E-state index in [1.165, 1.54) is 11.3 Å². The van der Waals surface area contributed by atoms with Crippen LogP contribution in [0.5, 0.6) is 0 Å². The minimum Gasteiger partial charge on any atom is -0.476 e. The van der Waals surface area contributed by atoms with Crippen LogP contribution in [0, 0.1) is 6.92 Å². The predicted octanol–water partition coefficient (Wildman–Crippen LogP) is 3.00. The monoisotopic (exact) mass is 285 g/mol. The Hall–Kier alpha value is -2.47. The van der Waals surface area contributed by atoms with E-state index in [0.717, 1.165) is 16.1 Å². The Balaban J connectivity index is 2.21. The van der Waals surface area contributed by atoms with E-state index in [-0.39, 0.29) is 5.69 Å². The van der Waals surface area contributed by atoms with Crippen molar-refractivity contribution in [3.63, 3.8) is 0 Å². The van der Waals surface area contributed by atoms with Gasteiger partial charge in [0.05, 0.1) is 10.6 Å². The van der Waals surface area contributed by atoms with Crippen molar-refractivity contribution in [1.29, 1.82) is 0 Å². The molecule has 0 saturated carbocycles. The van der Waals surface area contributed by atoms with Gasteiger partial charge in [-0.1, -0.05) is 6.07 Å². The van der Waals surface area contributed by atoms with Crippen molar-refractivity contribution in [3.8, 4) is 16.4 Å². The van der Waals surface area contributed by atoms with E-state index in [0.29, 0.717) is 5.82 Å². The molecule has 6 heteroatoms. The molecule has 0 aliphatic heterocycles. The smallest absolute Gasteiger partial charge is 0.356 e. The lowest BCUT2D eigenvalue weighted by Crippen LogP contribution is -2.04. The van der Waals surface area contributed by atoms with Gasteiger partial charge < -0.3 is 5.11 Å². The summed E-state index contributed by atoms with van der Waals surface area (Å²) >= 11 is 1.53. The number of hydrogen-bond acceptors (Lipinski definition) is 4. The van der Waals surface area contributed by atoms with Crippen molar-refractivity contribution in [2.24, 2.45) is 0 Å². The van der Waals surface area contributed by atoms with E-state index in [9.17, 15) is 4.79 Å². The van der Waals surface area contributed by atoms with Crippen LogP contribution in [0.15, 0.2) is 41.9 Å². The second-order valence-electron chi connectivity index (χ2n) is 4.30. The lowest BCUT2D eigenvalue weighted by molar-refractivity contribution is 0.0690. The Kier molecular flexibility index (Phi) is 3.08. The Bertz CT molecular complexity index is 763. The summed E-state index contributed by atoms with van der Waals surface area (Å²) in [7, 11) is 0. The molecule has 0 saturated heterocycles. The highest BCUT2D eigenvalue weighted by Crippen LogP contribution is 2.27. The lowest BCUT2D eigenvalue weighted by atomic mass is 10.3. The number of pyridine rings is 1. The van der Waals surface area contributed by atoms with Crippen LogP contribution in [-0.4, -0.2) is 25.8 Å². The van der Waals surface area contributed by atoms with Gasteiger partial charge in [-0.3, -0.25) is 0 Å².